The van der Waals surface area contributed by atoms with Crippen LogP contribution in [0.15, 0.2) is 54.7 Å². The van der Waals surface area contributed by atoms with Crippen LogP contribution in [0.4, 0.5) is 18.9 Å². The fourth-order valence-electron chi connectivity index (χ4n) is 10.5. The molecular weight excluding hydrogens is 769 g/mol. The highest BCUT2D eigenvalue weighted by Crippen LogP contribution is 2.58. The number of anilines is 1. The van der Waals surface area contributed by atoms with Gasteiger partial charge in [0.05, 0.1) is 19.8 Å². The molecule has 1 N–H and O–H groups in total. The van der Waals surface area contributed by atoms with E-state index in [1.165, 1.54) is 29.8 Å². The lowest BCUT2D eigenvalue weighted by atomic mass is 9.59. The van der Waals surface area contributed by atoms with Crippen LogP contribution in [0.1, 0.15) is 98.8 Å². The average Bonchev–Trinajstić information content (AvgIpc) is 3.49. The first-order valence-corrected chi connectivity index (χ1v) is 21.1. The molecule has 1 saturated carbocycles. The lowest BCUT2D eigenvalue weighted by Crippen LogP contribution is -2.63. The molecule has 314 valence electrons. The predicted octanol–water partition coefficient (Wildman–Crippen LogP) is 8.05. The number of alkyl halides is 3. The van der Waals surface area contributed by atoms with Gasteiger partial charge in [-0.25, -0.2) is 4.79 Å². The first kappa shape index (κ1) is 42.4. The molecule has 2 fully saturated rings. The molecule has 0 radical (unpaired) electrons. The number of hydrogen-bond acceptors (Lipinski definition) is 8. The van der Waals surface area contributed by atoms with Crippen LogP contribution in [-0.4, -0.2) is 97.0 Å². The molecule has 7 rings (SSSR count). The van der Waals surface area contributed by atoms with Crippen LogP contribution in [0.5, 0.6) is 5.75 Å². The summed E-state index contributed by atoms with van der Waals surface area (Å²) in [6.45, 7) is 8.95. The minimum Gasteiger partial charge on any atom is -0.493 e. The Morgan fingerprint density at radius 1 is 1.07 bits per heavy atom. The maximum absolute atomic E-state index is 14.5. The molecule has 3 aliphatic carbocycles. The Hall–Kier alpha value is -3.71. The Kier molecular flexibility index (Phi) is 12.5. The Balaban J connectivity index is 1.21. The summed E-state index contributed by atoms with van der Waals surface area (Å²) in [6, 6.07) is 13.8. The summed E-state index contributed by atoms with van der Waals surface area (Å²) in [4.78, 5) is 37.1. The SMILES string of the molecule is COC(=O)C1(N(C(=O)C(F)(F)F)c2cccc(Cl)c2)CCC2(CC1)c1cc([C@@H](O)CN3CCN(C)CC3)ccc1C[C@@H]2C[C@@H](C)COc1ccnc2c1[C@H](C)CCC2. The van der Waals surface area contributed by atoms with Crippen molar-refractivity contribution in [2.24, 2.45) is 11.8 Å². The number of ether oxygens (including phenoxy) is 2. The monoisotopic (exact) mass is 824 g/mol. The number of hydrogen-bond donors (Lipinski definition) is 1. The fraction of sp³-hybridized carbons (Fsp3) is 0.578. The standard InChI is InChI=1S/C45H56ClF3N4O5/c1-29(28-58-39-13-18-50-37-10-5-7-30(2)40(37)39)23-33-24-31-11-12-32(38(54)27-52-21-19-51(3)20-22-52)25-36(31)43(33)14-16-44(17-15-43,42(56)57-4)53(41(55)45(47,48)49)35-9-6-8-34(46)26-35/h6,8-9,11-13,18,25-26,29-30,33,38,54H,5,7,10,14-17,19-24,27-28H2,1-4H3/t29-,30-,33+,38+,43?,44?/m1/s1. The molecule has 1 aromatic heterocycles. The highest BCUT2D eigenvalue weighted by molar-refractivity contribution is 6.31. The minimum absolute atomic E-state index is 0.0602. The number of amides is 1. The zero-order valence-corrected chi connectivity index (χ0v) is 34.7. The zero-order valence-electron chi connectivity index (χ0n) is 34.0. The van der Waals surface area contributed by atoms with Crippen molar-refractivity contribution in [1.29, 1.82) is 0 Å². The van der Waals surface area contributed by atoms with E-state index in [0.29, 0.717) is 36.8 Å². The van der Waals surface area contributed by atoms with Crippen molar-refractivity contribution >= 4 is 29.2 Å². The summed E-state index contributed by atoms with van der Waals surface area (Å²) < 4.78 is 55.2. The van der Waals surface area contributed by atoms with E-state index in [1.54, 1.807) is 0 Å². The minimum atomic E-state index is -5.27. The van der Waals surface area contributed by atoms with E-state index in [4.69, 9.17) is 21.1 Å². The Labute approximate surface area is 344 Å². The molecule has 0 bridgehead atoms. The number of aromatic nitrogens is 1. The number of aryl methyl sites for hydroxylation is 1. The molecule has 4 aliphatic rings. The number of piperazine rings is 1. The quantitative estimate of drug-likeness (QED) is 0.194. The largest absolute Gasteiger partial charge is 0.493 e. The van der Waals surface area contributed by atoms with E-state index in [2.05, 4.69) is 47.8 Å². The maximum Gasteiger partial charge on any atom is 0.471 e. The molecule has 58 heavy (non-hydrogen) atoms. The summed E-state index contributed by atoms with van der Waals surface area (Å²) in [5.74, 6) is -1.63. The van der Waals surface area contributed by atoms with Crippen molar-refractivity contribution in [1.82, 2.24) is 14.8 Å². The van der Waals surface area contributed by atoms with Gasteiger partial charge >= 0.3 is 18.1 Å². The number of nitrogens with zero attached hydrogens (tertiary/aromatic N) is 4. The number of carbonyl (C=O) groups is 2. The molecule has 4 atom stereocenters. The molecule has 13 heteroatoms. The average molecular weight is 825 g/mol. The van der Waals surface area contributed by atoms with Crippen LogP contribution < -0.4 is 9.64 Å². The maximum atomic E-state index is 14.5. The summed E-state index contributed by atoms with van der Waals surface area (Å²) in [6.07, 6.45) is 0.984. The van der Waals surface area contributed by atoms with Gasteiger partial charge in [-0.3, -0.25) is 19.6 Å². The summed E-state index contributed by atoms with van der Waals surface area (Å²) in [7, 11) is 3.24. The lowest BCUT2D eigenvalue weighted by molar-refractivity contribution is -0.174. The molecular formula is C45H56ClF3N4O5. The normalized spacial score (nSPS) is 26.1. The number of halogens is 4. The number of aliphatic hydroxyl groups excluding tert-OH is 1. The molecule has 0 unspecified atom stereocenters. The highest BCUT2D eigenvalue weighted by atomic mass is 35.5. The van der Waals surface area contributed by atoms with E-state index in [-0.39, 0.29) is 35.4 Å². The van der Waals surface area contributed by atoms with E-state index in [9.17, 15) is 27.9 Å². The van der Waals surface area contributed by atoms with Crippen molar-refractivity contribution in [3.8, 4) is 5.75 Å². The number of rotatable bonds is 11. The van der Waals surface area contributed by atoms with Gasteiger partial charge < -0.3 is 19.5 Å². The molecule has 3 aromatic rings. The first-order chi connectivity index (χ1) is 27.6. The topological polar surface area (TPSA) is 95.4 Å². The highest BCUT2D eigenvalue weighted by Gasteiger charge is 2.60. The number of aliphatic hydroxyl groups is 1. The fourth-order valence-corrected chi connectivity index (χ4v) is 10.6. The van der Waals surface area contributed by atoms with Crippen molar-refractivity contribution in [2.45, 2.75) is 101 Å². The van der Waals surface area contributed by atoms with Gasteiger partial charge in [-0.05, 0) is 129 Å². The van der Waals surface area contributed by atoms with Gasteiger partial charge in [0.1, 0.15) is 11.3 Å². The smallest absolute Gasteiger partial charge is 0.471 e. The number of methoxy groups -OCH3 is 1. The molecule has 1 aliphatic heterocycles. The number of fused-ring (bicyclic) bond motifs is 3. The van der Waals surface area contributed by atoms with Crippen LogP contribution >= 0.6 is 11.6 Å². The van der Waals surface area contributed by atoms with Crippen LogP contribution in [0, 0.1) is 11.8 Å². The molecule has 2 heterocycles. The molecule has 1 spiro atoms. The van der Waals surface area contributed by atoms with Gasteiger partial charge in [0.2, 0.25) is 0 Å². The second-order valence-electron chi connectivity index (χ2n) is 17.3. The number of pyridine rings is 1. The van der Waals surface area contributed by atoms with E-state index < -0.39 is 35.1 Å². The number of benzene rings is 2. The van der Waals surface area contributed by atoms with Crippen LogP contribution in [0.25, 0.3) is 0 Å². The third kappa shape index (κ3) is 8.36. The molecule has 1 amide bonds. The van der Waals surface area contributed by atoms with Gasteiger partial charge in [0.15, 0.2) is 0 Å². The van der Waals surface area contributed by atoms with Gasteiger partial charge in [0.25, 0.3) is 0 Å². The summed E-state index contributed by atoms with van der Waals surface area (Å²) in [5.41, 5.74) is 2.69. The zero-order chi connectivity index (χ0) is 41.4. The van der Waals surface area contributed by atoms with Crippen molar-refractivity contribution in [3.63, 3.8) is 0 Å². The summed E-state index contributed by atoms with van der Waals surface area (Å²) in [5, 5.41) is 11.7. The van der Waals surface area contributed by atoms with E-state index >= 15 is 0 Å². The van der Waals surface area contributed by atoms with Gasteiger partial charge in [-0.1, -0.05) is 49.7 Å². The van der Waals surface area contributed by atoms with Crippen molar-refractivity contribution in [3.05, 3.63) is 87.7 Å². The van der Waals surface area contributed by atoms with E-state index in [1.807, 2.05) is 18.3 Å². The Morgan fingerprint density at radius 2 is 1.81 bits per heavy atom. The van der Waals surface area contributed by atoms with Crippen molar-refractivity contribution in [2.75, 3.05) is 58.4 Å². The lowest BCUT2D eigenvalue weighted by Gasteiger charge is -2.51. The van der Waals surface area contributed by atoms with E-state index in [0.717, 1.165) is 93.5 Å². The van der Waals surface area contributed by atoms with Crippen LogP contribution in [-0.2, 0) is 32.6 Å². The molecule has 2 aromatic carbocycles. The first-order valence-electron chi connectivity index (χ1n) is 20.7. The third-order valence-corrected chi connectivity index (χ3v) is 13.8. The Morgan fingerprint density at radius 3 is 2.50 bits per heavy atom. The second-order valence-corrected chi connectivity index (χ2v) is 17.8. The third-order valence-electron chi connectivity index (χ3n) is 13.6. The Bertz CT molecular complexity index is 1960. The predicted molar refractivity (Wildman–Crippen MR) is 217 cm³/mol. The number of β-amino-alcohol motifs (C(OH)–C–C–N with tert-alkyl or cyclic N) is 1. The summed E-state index contributed by atoms with van der Waals surface area (Å²) >= 11 is 6.27. The number of likely N-dealkylation sites (N-methyl/N-ethyl adjacent to an activating group) is 1. The molecule has 9 nitrogen and oxygen atoms in total. The van der Waals surface area contributed by atoms with Gasteiger partial charge in [-0.2, -0.15) is 13.2 Å². The van der Waals surface area contributed by atoms with Crippen LogP contribution in [0.2, 0.25) is 5.02 Å². The number of esters is 1. The van der Waals surface area contributed by atoms with Crippen molar-refractivity contribution < 1.29 is 37.3 Å². The number of carbonyl (C=O) groups excluding carboxylic acids is 2. The van der Waals surface area contributed by atoms with Gasteiger partial charge in [0, 0.05) is 60.9 Å². The van der Waals surface area contributed by atoms with Crippen LogP contribution in [0.3, 0.4) is 0 Å². The van der Waals surface area contributed by atoms with Gasteiger partial charge in [-0.15, -0.1) is 0 Å². The second kappa shape index (κ2) is 17.1. The molecule has 1 saturated heterocycles.